The van der Waals surface area contributed by atoms with E-state index in [1.807, 2.05) is 14.1 Å². The minimum Gasteiger partial charge on any atom is -0.364 e. The average Bonchev–Trinajstić information content (AvgIpc) is 2.46. The van der Waals surface area contributed by atoms with Gasteiger partial charge in [-0.15, -0.1) is 0 Å². The summed E-state index contributed by atoms with van der Waals surface area (Å²) in [5.41, 5.74) is 3.44. The Morgan fingerprint density at radius 2 is 2.25 bits per heavy atom. The SMILES string of the molecule is CN(C)C1CCCN(c2cccc(NN)c2[N+](=O)[O-])C1. The smallest absolute Gasteiger partial charge is 0.316 e. The van der Waals surface area contributed by atoms with Gasteiger partial charge in [-0.3, -0.25) is 16.0 Å². The van der Waals surface area contributed by atoms with Gasteiger partial charge in [-0.2, -0.15) is 0 Å². The third-order valence-electron chi connectivity index (χ3n) is 3.82. The highest BCUT2D eigenvalue weighted by Gasteiger charge is 2.28. The number of para-hydroxylation sites is 1. The minimum atomic E-state index is -0.371. The topological polar surface area (TPSA) is 87.7 Å². The van der Waals surface area contributed by atoms with E-state index in [0.717, 1.165) is 25.9 Å². The highest BCUT2D eigenvalue weighted by molar-refractivity contribution is 5.76. The fraction of sp³-hybridized carbons (Fsp3) is 0.538. The van der Waals surface area contributed by atoms with Crippen molar-refractivity contribution in [3.8, 4) is 0 Å². The predicted molar refractivity (Wildman–Crippen MR) is 79.8 cm³/mol. The Kier molecular flexibility index (Phi) is 4.41. The van der Waals surface area contributed by atoms with Gasteiger partial charge in [-0.25, -0.2) is 0 Å². The van der Waals surface area contributed by atoms with E-state index in [2.05, 4.69) is 15.2 Å². The first-order chi connectivity index (χ1) is 9.54. The number of nitrogens with one attached hydrogen (secondary N) is 1. The number of hydrogen-bond donors (Lipinski definition) is 2. The van der Waals surface area contributed by atoms with E-state index in [0.29, 0.717) is 17.4 Å². The van der Waals surface area contributed by atoms with Crippen molar-refractivity contribution >= 4 is 17.1 Å². The van der Waals surface area contributed by atoms with Gasteiger partial charge >= 0.3 is 5.69 Å². The third-order valence-corrected chi connectivity index (χ3v) is 3.82. The average molecular weight is 279 g/mol. The van der Waals surface area contributed by atoms with Crippen LogP contribution in [-0.2, 0) is 0 Å². The molecule has 1 atom stereocenters. The second kappa shape index (κ2) is 6.06. The zero-order chi connectivity index (χ0) is 14.7. The summed E-state index contributed by atoms with van der Waals surface area (Å²) < 4.78 is 0. The number of hydrazine groups is 1. The molecule has 0 spiro atoms. The van der Waals surface area contributed by atoms with Crippen LogP contribution in [0.5, 0.6) is 0 Å². The molecule has 0 saturated carbocycles. The van der Waals surface area contributed by atoms with E-state index in [4.69, 9.17) is 5.84 Å². The monoisotopic (exact) mass is 279 g/mol. The maximum absolute atomic E-state index is 11.3. The van der Waals surface area contributed by atoms with Crippen LogP contribution in [0, 0.1) is 10.1 Å². The standard InChI is InChI=1S/C13H21N5O2/c1-16(2)10-5-4-8-17(9-10)12-7-3-6-11(15-14)13(12)18(19)20/h3,6-7,10,15H,4-5,8-9,14H2,1-2H3. The molecular formula is C13H21N5O2. The highest BCUT2D eigenvalue weighted by atomic mass is 16.6. The van der Waals surface area contributed by atoms with E-state index in [1.54, 1.807) is 18.2 Å². The van der Waals surface area contributed by atoms with Gasteiger partial charge in [0.2, 0.25) is 0 Å². The van der Waals surface area contributed by atoms with Crippen molar-refractivity contribution in [1.82, 2.24) is 4.90 Å². The summed E-state index contributed by atoms with van der Waals surface area (Å²) in [6.45, 7) is 1.63. The van der Waals surface area contributed by atoms with Crippen LogP contribution in [0.4, 0.5) is 17.1 Å². The number of piperidine rings is 1. The molecule has 7 nitrogen and oxygen atoms in total. The summed E-state index contributed by atoms with van der Waals surface area (Å²) in [6, 6.07) is 5.61. The van der Waals surface area contributed by atoms with Crippen molar-refractivity contribution < 1.29 is 4.92 Å². The fourth-order valence-electron chi connectivity index (χ4n) is 2.69. The van der Waals surface area contributed by atoms with Crippen LogP contribution < -0.4 is 16.2 Å². The highest BCUT2D eigenvalue weighted by Crippen LogP contribution is 2.36. The molecule has 0 radical (unpaired) electrons. The zero-order valence-electron chi connectivity index (χ0n) is 11.9. The van der Waals surface area contributed by atoms with Crippen molar-refractivity contribution in [2.75, 3.05) is 37.5 Å². The summed E-state index contributed by atoms with van der Waals surface area (Å²) in [5, 5.41) is 11.3. The van der Waals surface area contributed by atoms with Gasteiger partial charge in [0.15, 0.2) is 0 Å². The quantitative estimate of drug-likeness (QED) is 0.492. The number of likely N-dealkylation sites (N-methyl/N-ethyl adjacent to an activating group) is 1. The van der Waals surface area contributed by atoms with Crippen molar-refractivity contribution in [3.05, 3.63) is 28.3 Å². The molecule has 1 unspecified atom stereocenters. The molecule has 2 rings (SSSR count). The Bertz CT molecular complexity index is 492. The van der Waals surface area contributed by atoms with E-state index in [-0.39, 0.29) is 10.6 Å². The van der Waals surface area contributed by atoms with E-state index < -0.39 is 0 Å². The molecule has 1 aromatic rings. The number of nitro benzene ring substituents is 1. The number of anilines is 2. The lowest BCUT2D eigenvalue weighted by atomic mass is 10.0. The van der Waals surface area contributed by atoms with Gasteiger partial charge in [-0.1, -0.05) is 6.07 Å². The molecule has 1 aliphatic rings. The van der Waals surface area contributed by atoms with Crippen LogP contribution in [0.15, 0.2) is 18.2 Å². The maximum atomic E-state index is 11.3. The van der Waals surface area contributed by atoms with Crippen LogP contribution >= 0.6 is 0 Å². The summed E-state index contributed by atoms with van der Waals surface area (Å²) >= 11 is 0. The molecule has 0 amide bonds. The van der Waals surface area contributed by atoms with Gasteiger partial charge in [-0.05, 0) is 39.1 Å². The molecule has 1 aliphatic heterocycles. The predicted octanol–water partition coefficient (Wildman–Crippen LogP) is 1.41. The molecule has 1 fully saturated rings. The molecule has 3 N–H and O–H groups in total. The first kappa shape index (κ1) is 14.5. The summed E-state index contributed by atoms with van der Waals surface area (Å²) in [7, 11) is 4.08. The molecular weight excluding hydrogens is 258 g/mol. The molecule has 1 saturated heterocycles. The first-order valence-electron chi connectivity index (χ1n) is 6.70. The van der Waals surface area contributed by atoms with Crippen molar-refractivity contribution in [2.45, 2.75) is 18.9 Å². The second-order valence-corrected chi connectivity index (χ2v) is 5.28. The number of hydrogen-bond acceptors (Lipinski definition) is 6. The van der Waals surface area contributed by atoms with Crippen molar-refractivity contribution in [3.63, 3.8) is 0 Å². The second-order valence-electron chi connectivity index (χ2n) is 5.28. The first-order valence-corrected chi connectivity index (χ1v) is 6.70. The van der Waals surface area contributed by atoms with Gasteiger partial charge in [0.05, 0.1) is 4.92 Å². The Balaban J connectivity index is 2.34. The van der Waals surface area contributed by atoms with Crippen molar-refractivity contribution in [1.29, 1.82) is 0 Å². The normalized spacial score (nSPS) is 19.2. The molecule has 0 bridgehead atoms. The molecule has 1 aromatic carbocycles. The Morgan fingerprint density at radius 1 is 1.50 bits per heavy atom. The molecule has 110 valence electrons. The Morgan fingerprint density at radius 3 is 2.85 bits per heavy atom. The number of benzene rings is 1. The lowest BCUT2D eigenvalue weighted by Crippen LogP contribution is -2.45. The summed E-state index contributed by atoms with van der Waals surface area (Å²) in [4.78, 5) is 15.2. The third kappa shape index (κ3) is 2.83. The fourth-order valence-corrected chi connectivity index (χ4v) is 2.69. The molecule has 0 aromatic heterocycles. The van der Waals surface area contributed by atoms with Crippen LogP contribution in [0.3, 0.4) is 0 Å². The Hall–Kier alpha value is -1.86. The number of nitrogens with zero attached hydrogens (tertiary/aromatic N) is 3. The summed E-state index contributed by atoms with van der Waals surface area (Å²) in [5.74, 6) is 5.38. The van der Waals surface area contributed by atoms with Crippen LogP contribution in [0.1, 0.15) is 12.8 Å². The van der Waals surface area contributed by atoms with Crippen LogP contribution in [0.2, 0.25) is 0 Å². The van der Waals surface area contributed by atoms with Crippen LogP contribution in [0.25, 0.3) is 0 Å². The molecule has 7 heteroatoms. The molecule has 1 heterocycles. The van der Waals surface area contributed by atoms with E-state index >= 15 is 0 Å². The van der Waals surface area contributed by atoms with Gasteiger partial charge < -0.3 is 15.2 Å². The molecule has 20 heavy (non-hydrogen) atoms. The number of nitrogens with two attached hydrogens (primary N) is 1. The van der Waals surface area contributed by atoms with Gasteiger partial charge in [0, 0.05) is 19.1 Å². The number of nitrogen functional groups attached to an aromatic ring is 1. The largest absolute Gasteiger partial charge is 0.364 e. The van der Waals surface area contributed by atoms with E-state index in [1.165, 1.54) is 0 Å². The zero-order valence-corrected chi connectivity index (χ0v) is 11.9. The van der Waals surface area contributed by atoms with Gasteiger partial charge in [0.25, 0.3) is 0 Å². The van der Waals surface area contributed by atoms with Crippen molar-refractivity contribution in [2.24, 2.45) is 5.84 Å². The Labute approximate surface area is 118 Å². The lowest BCUT2D eigenvalue weighted by molar-refractivity contribution is -0.383. The maximum Gasteiger partial charge on any atom is 0.316 e. The lowest BCUT2D eigenvalue weighted by Gasteiger charge is -2.37. The minimum absolute atomic E-state index is 0.0504. The number of rotatable bonds is 4. The number of nitro groups is 1. The van der Waals surface area contributed by atoms with Gasteiger partial charge in [0.1, 0.15) is 11.4 Å². The van der Waals surface area contributed by atoms with Crippen LogP contribution in [-0.4, -0.2) is 43.0 Å². The van der Waals surface area contributed by atoms with E-state index in [9.17, 15) is 10.1 Å². The molecule has 0 aliphatic carbocycles. The summed E-state index contributed by atoms with van der Waals surface area (Å²) in [6.07, 6.45) is 2.15.